The second-order valence-corrected chi connectivity index (χ2v) is 4.81. The number of carbonyl (C=O) groups is 2. The topological polar surface area (TPSA) is 92.4 Å². The van der Waals surface area contributed by atoms with Crippen LogP contribution in [0.3, 0.4) is 0 Å². The Bertz CT molecular complexity index is 664. The predicted molar refractivity (Wildman–Crippen MR) is 77.4 cm³/mol. The first-order valence-corrected chi connectivity index (χ1v) is 6.20. The van der Waals surface area contributed by atoms with Gasteiger partial charge in [-0.25, -0.2) is 4.79 Å². The summed E-state index contributed by atoms with van der Waals surface area (Å²) in [6.45, 7) is 1.31. The summed E-state index contributed by atoms with van der Waals surface area (Å²) in [5, 5.41) is 13.9. The molecule has 0 radical (unpaired) electrons. The number of carboxylic acids is 1. The Morgan fingerprint density at radius 2 is 1.85 bits per heavy atom. The number of anilines is 1. The first kappa shape index (κ1) is 14.0. The van der Waals surface area contributed by atoms with Crippen LogP contribution in [0.5, 0.6) is 0 Å². The van der Waals surface area contributed by atoms with Crippen molar-refractivity contribution in [3.63, 3.8) is 0 Å². The van der Waals surface area contributed by atoms with Crippen molar-refractivity contribution in [3.05, 3.63) is 42.5 Å². The maximum Gasteiger partial charge on any atom is 0.344 e. The fourth-order valence-electron chi connectivity index (χ4n) is 2.14. The normalized spacial score (nSPS) is 13.7. The highest BCUT2D eigenvalue weighted by Crippen LogP contribution is 2.25. The van der Waals surface area contributed by atoms with E-state index in [0.717, 1.165) is 10.8 Å². The number of aliphatic carboxylic acids is 1. The van der Waals surface area contributed by atoms with Gasteiger partial charge in [-0.3, -0.25) is 10.5 Å². The summed E-state index contributed by atoms with van der Waals surface area (Å²) < 4.78 is 0. The summed E-state index contributed by atoms with van der Waals surface area (Å²) in [6, 6.07) is 13.0. The van der Waals surface area contributed by atoms with Crippen LogP contribution in [-0.2, 0) is 9.59 Å². The lowest BCUT2D eigenvalue weighted by Crippen LogP contribution is -2.56. The van der Waals surface area contributed by atoms with Crippen molar-refractivity contribution in [3.8, 4) is 0 Å². The second-order valence-electron chi connectivity index (χ2n) is 4.81. The van der Waals surface area contributed by atoms with Gasteiger partial charge in [0.1, 0.15) is 5.78 Å². The number of hydrogen-bond acceptors (Lipinski definition) is 4. The number of fused-ring (bicyclic) bond motifs is 1. The average molecular weight is 272 g/mol. The molecular weight excluding hydrogens is 256 g/mol. The third-order valence-electron chi connectivity index (χ3n) is 3.06. The van der Waals surface area contributed by atoms with Gasteiger partial charge in [-0.2, -0.15) is 0 Å². The van der Waals surface area contributed by atoms with E-state index in [4.69, 9.17) is 5.73 Å². The van der Waals surface area contributed by atoms with E-state index in [9.17, 15) is 14.7 Å². The van der Waals surface area contributed by atoms with Crippen LogP contribution in [-0.4, -0.2) is 22.5 Å². The first-order valence-electron chi connectivity index (χ1n) is 6.20. The number of carboxylic acid groups (broad SMARTS) is 1. The molecule has 0 bridgehead atoms. The Morgan fingerprint density at radius 1 is 1.20 bits per heavy atom. The van der Waals surface area contributed by atoms with Crippen molar-refractivity contribution < 1.29 is 14.7 Å². The van der Waals surface area contributed by atoms with Gasteiger partial charge in [-0.1, -0.05) is 36.4 Å². The Hall–Kier alpha value is -2.40. The summed E-state index contributed by atoms with van der Waals surface area (Å²) in [6.07, 6.45) is -0.286. The molecule has 0 saturated heterocycles. The van der Waals surface area contributed by atoms with E-state index in [1.165, 1.54) is 6.92 Å². The van der Waals surface area contributed by atoms with E-state index >= 15 is 0 Å². The molecule has 0 aliphatic heterocycles. The van der Waals surface area contributed by atoms with Crippen LogP contribution in [0.4, 0.5) is 5.69 Å². The lowest BCUT2D eigenvalue weighted by molar-refractivity contribution is -0.144. The molecule has 20 heavy (non-hydrogen) atoms. The van der Waals surface area contributed by atoms with Crippen molar-refractivity contribution in [2.75, 3.05) is 5.32 Å². The van der Waals surface area contributed by atoms with Gasteiger partial charge in [0.05, 0.1) is 6.42 Å². The molecular formula is C15H16N2O3. The standard InChI is InChI=1S/C15H16N2O3/c1-10(18)9-15(16,14(19)20)17-13-8-4-6-11-5-2-3-7-12(11)13/h2-8,17H,9,16H2,1H3,(H,19,20). The molecule has 1 unspecified atom stereocenters. The lowest BCUT2D eigenvalue weighted by atomic mass is 10.0. The Balaban J connectivity index is 2.44. The Kier molecular flexibility index (Phi) is 3.72. The number of hydrogen-bond donors (Lipinski definition) is 3. The van der Waals surface area contributed by atoms with Gasteiger partial charge < -0.3 is 10.4 Å². The number of nitrogens with one attached hydrogen (secondary N) is 1. The monoisotopic (exact) mass is 272 g/mol. The highest BCUT2D eigenvalue weighted by Gasteiger charge is 2.35. The molecule has 0 fully saturated rings. The average Bonchev–Trinajstić information content (AvgIpc) is 2.38. The highest BCUT2D eigenvalue weighted by atomic mass is 16.4. The fraction of sp³-hybridized carbons (Fsp3) is 0.200. The van der Waals surface area contributed by atoms with Crippen LogP contribution in [0, 0.1) is 0 Å². The Labute approximate surface area is 116 Å². The van der Waals surface area contributed by atoms with Crippen LogP contribution >= 0.6 is 0 Å². The summed E-state index contributed by atoms with van der Waals surface area (Å²) in [4.78, 5) is 22.6. The molecule has 0 heterocycles. The van der Waals surface area contributed by atoms with Crippen LogP contribution in [0.2, 0.25) is 0 Å². The maximum absolute atomic E-state index is 11.4. The molecule has 0 saturated carbocycles. The second kappa shape index (κ2) is 5.30. The van der Waals surface area contributed by atoms with Crippen molar-refractivity contribution in [1.29, 1.82) is 0 Å². The molecule has 5 heteroatoms. The first-order chi connectivity index (χ1) is 9.42. The minimum Gasteiger partial charge on any atom is -0.478 e. The number of nitrogens with two attached hydrogens (primary N) is 1. The van der Waals surface area contributed by atoms with Gasteiger partial charge in [0.2, 0.25) is 0 Å². The van der Waals surface area contributed by atoms with Crippen LogP contribution in [0.25, 0.3) is 10.8 Å². The molecule has 104 valence electrons. The molecule has 2 rings (SSSR count). The van der Waals surface area contributed by atoms with Crippen molar-refractivity contribution in [2.45, 2.75) is 19.0 Å². The quantitative estimate of drug-likeness (QED) is 0.724. The van der Waals surface area contributed by atoms with Crippen molar-refractivity contribution >= 4 is 28.2 Å². The maximum atomic E-state index is 11.4. The summed E-state index contributed by atoms with van der Waals surface area (Å²) in [5.41, 5.74) is 4.62. The van der Waals surface area contributed by atoms with Gasteiger partial charge in [0, 0.05) is 11.1 Å². The number of carbonyl (C=O) groups excluding carboxylic acids is 1. The number of rotatable bonds is 5. The number of benzene rings is 2. The van der Waals surface area contributed by atoms with E-state index < -0.39 is 11.6 Å². The zero-order chi connectivity index (χ0) is 14.8. The third kappa shape index (κ3) is 2.78. The van der Waals surface area contributed by atoms with Gasteiger partial charge >= 0.3 is 5.97 Å². The van der Waals surface area contributed by atoms with E-state index in [-0.39, 0.29) is 12.2 Å². The molecule has 2 aromatic rings. The summed E-state index contributed by atoms with van der Waals surface area (Å²) >= 11 is 0. The molecule has 2 aromatic carbocycles. The largest absolute Gasteiger partial charge is 0.478 e. The zero-order valence-corrected chi connectivity index (χ0v) is 11.1. The van der Waals surface area contributed by atoms with Gasteiger partial charge in [0.15, 0.2) is 5.66 Å². The third-order valence-corrected chi connectivity index (χ3v) is 3.06. The minimum atomic E-state index is -1.81. The SMILES string of the molecule is CC(=O)CC(N)(Nc1cccc2ccccc12)C(=O)O. The summed E-state index contributed by atoms with van der Waals surface area (Å²) in [5.74, 6) is -1.55. The van der Waals surface area contributed by atoms with Crippen LogP contribution in [0.1, 0.15) is 13.3 Å². The number of ketones is 1. The fourth-order valence-corrected chi connectivity index (χ4v) is 2.14. The molecule has 0 aliphatic carbocycles. The van der Waals surface area contributed by atoms with Crippen LogP contribution in [0.15, 0.2) is 42.5 Å². The predicted octanol–water partition coefficient (Wildman–Crippen LogP) is 1.97. The molecule has 0 aliphatic rings. The molecule has 0 aromatic heterocycles. The summed E-state index contributed by atoms with van der Waals surface area (Å²) in [7, 11) is 0. The molecule has 5 nitrogen and oxygen atoms in total. The van der Waals surface area contributed by atoms with E-state index in [1.807, 2.05) is 30.3 Å². The van der Waals surface area contributed by atoms with E-state index in [2.05, 4.69) is 5.32 Å². The lowest BCUT2D eigenvalue weighted by Gasteiger charge is -2.26. The molecule has 0 spiro atoms. The van der Waals surface area contributed by atoms with Gasteiger partial charge in [-0.15, -0.1) is 0 Å². The Morgan fingerprint density at radius 3 is 2.50 bits per heavy atom. The zero-order valence-electron chi connectivity index (χ0n) is 11.1. The van der Waals surface area contributed by atoms with Crippen molar-refractivity contribution in [1.82, 2.24) is 0 Å². The van der Waals surface area contributed by atoms with Crippen LogP contribution < -0.4 is 11.1 Å². The molecule has 1 atom stereocenters. The molecule has 4 N–H and O–H groups in total. The van der Waals surface area contributed by atoms with Crippen molar-refractivity contribution in [2.24, 2.45) is 5.73 Å². The van der Waals surface area contributed by atoms with Gasteiger partial charge in [0.25, 0.3) is 0 Å². The highest BCUT2D eigenvalue weighted by molar-refractivity contribution is 5.97. The smallest absolute Gasteiger partial charge is 0.344 e. The molecule has 0 amide bonds. The van der Waals surface area contributed by atoms with E-state index in [1.54, 1.807) is 12.1 Å². The van der Waals surface area contributed by atoms with Gasteiger partial charge in [-0.05, 0) is 18.4 Å². The van der Waals surface area contributed by atoms with E-state index in [0.29, 0.717) is 5.69 Å². The number of Topliss-reactive ketones (excluding diaryl/α,β-unsaturated/α-hetero) is 1. The minimum absolute atomic E-state index is 0.286.